The van der Waals surface area contributed by atoms with Crippen molar-refractivity contribution in [3.63, 3.8) is 0 Å². The van der Waals surface area contributed by atoms with Crippen LogP contribution in [-0.2, 0) is 0 Å². The second-order valence-electron chi connectivity index (χ2n) is 6.59. The fourth-order valence-corrected chi connectivity index (χ4v) is 2.97. The van der Waals surface area contributed by atoms with Gasteiger partial charge in [0.15, 0.2) is 0 Å². The zero-order chi connectivity index (χ0) is 15.6. The lowest BCUT2D eigenvalue weighted by molar-refractivity contribution is 0.202. The summed E-state index contributed by atoms with van der Waals surface area (Å²) < 4.78 is 0. The number of rotatable bonds is 17. The van der Waals surface area contributed by atoms with Crippen LogP contribution in [0.4, 0.5) is 0 Å². The Morgan fingerprint density at radius 2 is 1.00 bits per heavy atom. The van der Waals surface area contributed by atoms with E-state index in [1.165, 1.54) is 70.6 Å². The zero-order valence-electron chi connectivity index (χ0n) is 14.5. The Morgan fingerprint density at radius 3 is 1.43 bits per heavy atom. The topological polar surface area (TPSA) is 40.5 Å². The Balaban J connectivity index is 3.23. The van der Waals surface area contributed by atoms with Gasteiger partial charge in [0.05, 0.1) is 0 Å². The summed E-state index contributed by atoms with van der Waals surface area (Å²) in [5.74, 6) is 0.498. The fourth-order valence-electron chi connectivity index (χ4n) is 2.97. The van der Waals surface area contributed by atoms with E-state index in [1.807, 2.05) is 0 Å². The van der Waals surface area contributed by atoms with E-state index >= 15 is 0 Å². The van der Waals surface area contributed by atoms with Crippen molar-refractivity contribution in [1.82, 2.24) is 0 Å². The highest BCUT2D eigenvalue weighted by Crippen LogP contribution is 2.18. The van der Waals surface area contributed by atoms with Gasteiger partial charge in [-0.3, -0.25) is 0 Å². The van der Waals surface area contributed by atoms with Crippen molar-refractivity contribution in [3.05, 3.63) is 0 Å². The largest absolute Gasteiger partial charge is 0.396 e. The molecule has 2 heteroatoms. The predicted molar refractivity (Wildman–Crippen MR) is 92.6 cm³/mol. The summed E-state index contributed by atoms with van der Waals surface area (Å²) in [7, 11) is 0. The van der Waals surface area contributed by atoms with Gasteiger partial charge in [-0.05, 0) is 25.2 Å². The minimum absolute atomic E-state index is 0.308. The van der Waals surface area contributed by atoms with E-state index in [0.29, 0.717) is 19.1 Å². The van der Waals surface area contributed by atoms with Crippen molar-refractivity contribution in [1.29, 1.82) is 0 Å². The Hall–Kier alpha value is -0.0800. The SMILES string of the molecule is CCCCCCCCCCCCC(CO)CCCCCO. The summed E-state index contributed by atoms with van der Waals surface area (Å²) in [6.45, 7) is 2.92. The van der Waals surface area contributed by atoms with Gasteiger partial charge in [0.2, 0.25) is 0 Å². The normalized spacial score (nSPS) is 12.7. The molecule has 0 heterocycles. The van der Waals surface area contributed by atoms with Crippen LogP contribution in [0.2, 0.25) is 0 Å². The minimum Gasteiger partial charge on any atom is -0.396 e. The lowest BCUT2D eigenvalue weighted by atomic mass is 9.95. The second-order valence-corrected chi connectivity index (χ2v) is 6.59. The number of aliphatic hydroxyl groups excluding tert-OH is 2. The lowest BCUT2D eigenvalue weighted by Gasteiger charge is -2.13. The van der Waals surface area contributed by atoms with Crippen LogP contribution >= 0.6 is 0 Å². The van der Waals surface area contributed by atoms with Crippen molar-refractivity contribution >= 4 is 0 Å². The van der Waals surface area contributed by atoms with Gasteiger partial charge in [-0.2, -0.15) is 0 Å². The first kappa shape index (κ1) is 20.9. The van der Waals surface area contributed by atoms with E-state index in [-0.39, 0.29) is 0 Å². The predicted octanol–water partition coefficient (Wildman–Crippen LogP) is 5.46. The van der Waals surface area contributed by atoms with Gasteiger partial charge < -0.3 is 10.2 Å². The molecular formula is C19H40O2. The van der Waals surface area contributed by atoms with Crippen molar-refractivity contribution in [3.8, 4) is 0 Å². The average Bonchev–Trinajstić information content (AvgIpc) is 2.51. The molecule has 21 heavy (non-hydrogen) atoms. The maximum atomic E-state index is 9.38. The minimum atomic E-state index is 0.308. The molecule has 0 rings (SSSR count). The Kier molecular flexibility index (Phi) is 17.9. The molecule has 0 amide bonds. The van der Waals surface area contributed by atoms with Crippen LogP contribution in [-0.4, -0.2) is 23.4 Å². The molecule has 0 aromatic carbocycles. The van der Waals surface area contributed by atoms with Gasteiger partial charge in [0.25, 0.3) is 0 Å². The van der Waals surface area contributed by atoms with E-state index in [1.54, 1.807) is 0 Å². The fraction of sp³-hybridized carbons (Fsp3) is 1.00. The quantitative estimate of drug-likeness (QED) is 0.350. The smallest absolute Gasteiger partial charge is 0.0459 e. The molecule has 2 N–H and O–H groups in total. The maximum Gasteiger partial charge on any atom is 0.0459 e. The Morgan fingerprint density at radius 1 is 0.571 bits per heavy atom. The highest BCUT2D eigenvalue weighted by atomic mass is 16.3. The van der Waals surface area contributed by atoms with Crippen LogP contribution in [0, 0.1) is 5.92 Å². The van der Waals surface area contributed by atoms with Gasteiger partial charge in [0, 0.05) is 13.2 Å². The van der Waals surface area contributed by atoms with Crippen molar-refractivity contribution in [2.24, 2.45) is 5.92 Å². The highest BCUT2D eigenvalue weighted by molar-refractivity contribution is 4.59. The van der Waals surface area contributed by atoms with Crippen LogP contribution in [0.1, 0.15) is 103 Å². The van der Waals surface area contributed by atoms with Gasteiger partial charge in [-0.15, -0.1) is 0 Å². The molecular weight excluding hydrogens is 260 g/mol. The van der Waals surface area contributed by atoms with Crippen LogP contribution < -0.4 is 0 Å². The molecule has 0 aliphatic rings. The molecule has 0 saturated carbocycles. The molecule has 0 spiro atoms. The number of unbranched alkanes of at least 4 members (excludes halogenated alkanes) is 11. The highest BCUT2D eigenvalue weighted by Gasteiger charge is 2.06. The van der Waals surface area contributed by atoms with Crippen LogP contribution in [0.25, 0.3) is 0 Å². The number of aliphatic hydroxyl groups is 2. The van der Waals surface area contributed by atoms with Gasteiger partial charge in [-0.25, -0.2) is 0 Å². The molecule has 0 fully saturated rings. The molecule has 128 valence electrons. The maximum absolute atomic E-state index is 9.38. The molecule has 1 unspecified atom stereocenters. The molecule has 0 saturated heterocycles. The molecule has 2 nitrogen and oxygen atoms in total. The first-order valence-electron chi connectivity index (χ1n) is 9.56. The third kappa shape index (κ3) is 16.1. The number of hydrogen-bond acceptors (Lipinski definition) is 2. The van der Waals surface area contributed by atoms with Crippen LogP contribution in [0.15, 0.2) is 0 Å². The summed E-state index contributed by atoms with van der Waals surface area (Å²) in [5, 5.41) is 18.1. The van der Waals surface area contributed by atoms with E-state index < -0.39 is 0 Å². The Bertz CT molecular complexity index is 182. The van der Waals surface area contributed by atoms with Crippen molar-refractivity contribution < 1.29 is 10.2 Å². The molecule has 0 aromatic heterocycles. The van der Waals surface area contributed by atoms with Gasteiger partial charge >= 0.3 is 0 Å². The summed E-state index contributed by atoms with van der Waals surface area (Å²) >= 11 is 0. The first-order chi connectivity index (χ1) is 10.3. The molecule has 0 radical (unpaired) electrons. The molecule has 0 aliphatic carbocycles. The third-order valence-electron chi connectivity index (χ3n) is 4.49. The first-order valence-corrected chi connectivity index (χ1v) is 9.56. The van der Waals surface area contributed by atoms with Crippen LogP contribution in [0.5, 0.6) is 0 Å². The summed E-state index contributed by atoms with van der Waals surface area (Å²) in [6, 6.07) is 0. The van der Waals surface area contributed by atoms with Gasteiger partial charge in [-0.1, -0.05) is 84.0 Å². The Labute approximate surface area is 133 Å². The monoisotopic (exact) mass is 300 g/mol. The van der Waals surface area contributed by atoms with E-state index in [0.717, 1.165) is 25.7 Å². The molecule has 0 aromatic rings. The zero-order valence-corrected chi connectivity index (χ0v) is 14.5. The third-order valence-corrected chi connectivity index (χ3v) is 4.49. The van der Waals surface area contributed by atoms with E-state index in [2.05, 4.69) is 6.92 Å². The molecule has 1 atom stereocenters. The van der Waals surface area contributed by atoms with Crippen LogP contribution in [0.3, 0.4) is 0 Å². The van der Waals surface area contributed by atoms with Crippen molar-refractivity contribution in [2.45, 2.75) is 103 Å². The standard InChI is InChI=1S/C19H40O2/c1-2-3-4-5-6-7-8-9-10-12-15-19(18-21)16-13-11-14-17-20/h19-21H,2-18H2,1H3. The van der Waals surface area contributed by atoms with Gasteiger partial charge in [0.1, 0.15) is 0 Å². The summed E-state index contributed by atoms with van der Waals surface area (Å²) in [4.78, 5) is 0. The van der Waals surface area contributed by atoms with E-state index in [9.17, 15) is 5.11 Å². The average molecular weight is 301 g/mol. The lowest BCUT2D eigenvalue weighted by Crippen LogP contribution is -2.06. The number of hydrogen-bond donors (Lipinski definition) is 2. The molecule has 0 aliphatic heterocycles. The second kappa shape index (κ2) is 18.0. The summed E-state index contributed by atoms with van der Waals surface area (Å²) in [5.41, 5.74) is 0. The van der Waals surface area contributed by atoms with Crippen molar-refractivity contribution in [2.75, 3.05) is 13.2 Å². The molecule has 0 bridgehead atoms. The van der Waals surface area contributed by atoms with E-state index in [4.69, 9.17) is 5.11 Å². The summed E-state index contributed by atoms with van der Waals surface area (Å²) in [6.07, 6.45) is 19.3.